The Bertz CT molecular complexity index is 490. The van der Waals surface area contributed by atoms with E-state index < -0.39 is 11.8 Å². The van der Waals surface area contributed by atoms with Crippen molar-refractivity contribution in [2.45, 2.75) is 45.6 Å². The summed E-state index contributed by atoms with van der Waals surface area (Å²) in [7, 11) is 0. The van der Waals surface area contributed by atoms with Gasteiger partial charge in [0.1, 0.15) is 5.82 Å². The maximum absolute atomic E-state index is 14.0. The van der Waals surface area contributed by atoms with Crippen LogP contribution in [0.1, 0.15) is 54.9 Å². The van der Waals surface area contributed by atoms with Gasteiger partial charge in [0, 0.05) is 12.1 Å². The second-order valence-corrected chi connectivity index (χ2v) is 5.97. The van der Waals surface area contributed by atoms with Gasteiger partial charge >= 0.3 is 5.97 Å². The number of halogens is 1. The molecule has 1 heterocycles. The van der Waals surface area contributed by atoms with Crippen LogP contribution < -0.4 is 0 Å². The molecule has 1 aliphatic rings. The summed E-state index contributed by atoms with van der Waals surface area (Å²) in [5, 5.41) is 8.86. The molecule has 0 aromatic heterocycles. The van der Waals surface area contributed by atoms with Crippen molar-refractivity contribution in [2.24, 2.45) is 5.92 Å². The van der Waals surface area contributed by atoms with Gasteiger partial charge in [0.05, 0.1) is 5.56 Å². The Hall–Kier alpha value is -1.42. The van der Waals surface area contributed by atoms with E-state index in [-0.39, 0.29) is 5.56 Å². The number of aromatic carboxylic acids is 1. The lowest BCUT2D eigenvalue weighted by molar-refractivity contribution is 0.0696. The monoisotopic (exact) mass is 293 g/mol. The average Bonchev–Trinajstić information content (AvgIpc) is 2.67. The van der Waals surface area contributed by atoms with E-state index in [1.807, 2.05) is 0 Å². The molecule has 2 rings (SSSR count). The third kappa shape index (κ3) is 4.53. The van der Waals surface area contributed by atoms with Crippen LogP contribution in [-0.2, 0) is 6.54 Å². The highest BCUT2D eigenvalue weighted by molar-refractivity contribution is 5.87. The van der Waals surface area contributed by atoms with Crippen LogP contribution in [0.5, 0.6) is 0 Å². The highest BCUT2D eigenvalue weighted by Gasteiger charge is 2.18. The lowest BCUT2D eigenvalue weighted by atomic mass is 9.96. The van der Waals surface area contributed by atoms with Gasteiger partial charge in [-0.25, -0.2) is 9.18 Å². The van der Waals surface area contributed by atoms with Gasteiger partial charge in [0.2, 0.25) is 0 Å². The molecule has 0 bridgehead atoms. The zero-order valence-electron chi connectivity index (χ0n) is 12.6. The predicted octanol–water partition coefficient (Wildman–Crippen LogP) is 3.93. The summed E-state index contributed by atoms with van der Waals surface area (Å²) >= 11 is 0. The van der Waals surface area contributed by atoms with Gasteiger partial charge in [0.15, 0.2) is 0 Å². The smallest absolute Gasteiger partial charge is 0.335 e. The number of rotatable bonds is 5. The molecule has 0 amide bonds. The Balaban J connectivity index is 1.97. The first-order valence-corrected chi connectivity index (χ1v) is 7.84. The van der Waals surface area contributed by atoms with Crippen LogP contribution in [0.25, 0.3) is 0 Å². The van der Waals surface area contributed by atoms with E-state index in [9.17, 15) is 9.18 Å². The Labute approximate surface area is 125 Å². The molecule has 21 heavy (non-hydrogen) atoms. The van der Waals surface area contributed by atoms with Crippen LogP contribution in [0.2, 0.25) is 0 Å². The second-order valence-electron chi connectivity index (χ2n) is 5.97. The van der Waals surface area contributed by atoms with Crippen molar-refractivity contribution in [1.82, 2.24) is 4.90 Å². The summed E-state index contributed by atoms with van der Waals surface area (Å²) in [6.45, 7) is 4.80. The van der Waals surface area contributed by atoms with Crippen molar-refractivity contribution >= 4 is 5.97 Å². The molecule has 1 aromatic carbocycles. The molecule has 1 aliphatic heterocycles. The van der Waals surface area contributed by atoms with E-state index in [4.69, 9.17) is 5.11 Å². The Morgan fingerprint density at radius 1 is 1.38 bits per heavy atom. The molecule has 0 saturated carbocycles. The number of hydrogen-bond donors (Lipinski definition) is 1. The maximum atomic E-state index is 14.0. The number of carboxylic acid groups (broad SMARTS) is 1. The molecule has 0 radical (unpaired) electrons. The third-order valence-corrected chi connectivity index (χ3v) is 4.33. The number of likely N-dealkylation sites (tertiary alicyclic amines) is 1. The molecule has 1 aromatic rings. The fourth-order valence-corrected chi connectivity index (χ4v) is 3.13. The van der Waals surface area contributed by atoms with Crippen molar-refractivity contribution in [2.75, 3.05) is 13.1 Å². The first kappa shape index (κ1) is 16.0. The number of hydrogen-bond acceptors (Lipinski definition) is 2. The quantitative estimate of drug-likeness (QED) is 0.894. The predicted molar refractivity (Wildman–Crippen MR) is 80.9 cm³/mol. The van der Waals surface area contributed by atoms with Gasteiger partial charge in [-0.15, -0.1) is 0 Å². The van der Waals surface area contributed by atoms with Crippen molar-refractivity contribution in [1.29, 1.82) is 0 Å². The largest absolute Gasteiger partial charge is 0.478 e. The van der Waals surface area contributed by atoms with Crippen LogP contribution in [0.15, 0.2) is 18.2 Å². The normalized spacial score (nSPS) is 20.2. The summed E-state index contributed by atoms with van der Waals surface area (Å²) in [5.74, 6) is -0.693. The van der Waals surface area contributed by atoms with E-state index in [1.165, 1.54) is 38.2 Å². The van der Waals surface area contributed by atoms with Crippen LogP contribution >= 0.6 is 0 Å². The summed E-state index contributed by atoms with van der Waals surface area (Å²) in [4.78, 5) is 13.1. The van der Waals surface area contributed by atoms with Crippen molar-refractivity contribution in [3.05, 3.63) is 35.1 Å². The molecule has 1 fully saturated rings. The Morgan fingerprint density at radius 3 is 2.86 bits per heavy atom. The minimum Gasteiger partial charge on any atom is -0.478 e. The third-order valence-electron chi connectivity index (χ3n) is 4.33. The lowest BCUT2D eigenvalue weighted by Gasteiger charge is -2.20. The SMILES string of the molecule is CCCC1CCCN(Cc2ccc(C(=O)O)cc2F)CC1. The zero-order chi connectivity index (χ0) is 15.2. The van der Waals surface area contributed by atoms with Gasteiger partial charge in [-0.3, -0.25) is 4.90 Å². The molecule has 0 aliphatic carbocycles. The van der Waals surface area contributed by atoms with Crippen molar-refractivity contribution in [3.63, 3.8) is 0 Å². The lowest BCUT2D eigenvalue weighted by Crippen LogP contribution is -2.25. The summed E-state index contributed by atoms with van der Waals surface area (Å²) in [5.41, 5.74) is 0.601. The van der Waals surface area contributed by atoms with Crippen LogP contribution in [0.3, 0.4) is 0 Å². The highest BCUT2D eigenvalue weighted by atomic mass is 19.1. The minimum absolute atomic E-state index is 0.00938. The molecule has 1 unspecified atom stereocenters. The molecule has 3 nitrogen and oxygen atoms in total. The number of nitrogens with zero attached hydrogens (tertiary/aromatic N) is 1. The van der Waals surface area contributed by atoms with E-state index in [2.05, 4.69) is 11.8 Å². The minimum atomic E-state index is -1.09. The van der Waals surface area contributed by atoms with Crippen molar-refractivity contribution in [3.8, 4) is 0 Å². The fourth-order valence-electron chi connectivity index (χ4n) is 3.13. The van der Waals surface area contributed by atoms with E-state index in [1.54, 1.807) is 6.07 Å². The molecule has 0 spiro atoms. The fraction of sp³-hybridized carbons (Fsp3) is 0.588. The van der Waals surface area contributed by atoms with Gasteiger partial charge in [-0.1, -0.05) is 25.8 Å². The molecular weight excluding hydrogens is 269 g/mol. The number of benzene rings is 1. The topological polar surface area (TPSA) is 40.5 Å². The van der Waals surface area contributed by atoms with Gasteiger partial charge in [0.25, 0.3) is 0 Å². The average molecular weight is 293 g/mol. The maximum Gasteiger partial charge on any atom is 0.335 e. The first-order chi connectivity index (χ1) is 10.1. The number of carbonyl (C=O) groups is 1. The summed E-state index contributed by atoms with van der Waals surface area (Å²) in [6.07, 6.45) is 6.14. The number of carboxylic acids is 1. The van der Waals surface area contributed by atoms with Crippen molar-refractivity contribution < 1.29 is 14.3 Å². The molecular formula is C17H24FNO2. The second kappa shape index (κ2) is 7.55. The molecule has 1 atom stereocenters. The molecule has 116 valence electrons. The van der Waals surface area contributed by atoms with Crippen LogP contribution in [-0.4, -0.2) is 29.1 Å². The van der Waals surface area contributed by atoms with E-state index in [0.717, 1.165) is 25.1 Å². The van der Waals surface area contributed by atoms with E-state index in [0.29, 0.717) is 12.1 Å². The zero-order valence-corrected chi connectivity index (χ0v) is 12.6. The first-order valence-electron chi connectivity index (χ1n) is 7.84. The standard InChI is InChI=1S/C17H24FNO2/c1-2-4-13-5-3-9-19(10-8-13)12-15-7-6-14(17(20)21)11-16(15)18/h6-7,11,13H,2-5,8-10,12H2,1H3,(H,20,21). The highest BCUT2D eigenvalue weighted by Crippen LogP contribution is 2.23. The molecule has 1 N–H and O–H groups in total. The van der Waals surface area contributed by atoms with Gasteiger partial charge in [-0.2, -0.15) is 0 Å². The Kier molecular flexibility index (Phi) is 5.74. The molecule has 1 saturated heterocycles. The Morgan fingerprint density at radius 2 is 2.19 bits per heavy atom. The van der Waals surface area contributed by atoms with Gasteiger partial charge < -0.3 is 5.11 Å². The van der Waals surface area contributed by atoms with Crippen LogP contribution in [0.4, 0.5) is 4.39 Å². The molecule has 4 heteroatoms. The van der Waals surface area contributed by atoms with Gasteiger partial charge in [-0.05, 0) is 50.4 Å². The summed E-state index contributed by atoms with van der Waals surface area (Å²) in [6, 6.07) is 4.21. The summed E-state index contributed by atoms with van der Waals surface area (Å²) < 4.78 is 14.0. The van der Waals surface area contributed by atoms with E-state index >= 15 is 0 Å². The van der Waals surface area contributed by atoms with Crippen LogP contribution in [0, 0.1) is 11.7 Å².